The van der Waals surface area contributed by atoms with Gasteiger partial charge in [-0.1, -0.05) is 5.65 Å². The first-order valence-electron chi connectivity index (χ1n) is 3.46. The number of hydrogen-bond donors (Lipinski definition) is 2. The lowest BCUT2D eigenvalue weighted by Gasteiger charge is -2.02. The van der Waals surface area contributed by atoms with Gasteiger partial charge < -0.3 is 0 Å². The fourth-order valence-electron chi connectivity index (χ4n) is 0.840. The Kier molecular flexibility index (Phi) is 2.84. The van der Waals surface area contributed by atoms with Gasteiger partial charge in [-0.15, -0.1) is 4.48 Å². The van der Waals surface area contributed by atoms with Crippen molar-refractivity contribution in [1.29, 1.82) is 0 Å². The second-order valence-electron chi connectivity index (χ2n) is 2.52. The lowest BCUT2D eigenvalue weighted by Crippen LogP contribution is -2.09. The first kappa shape index (κ1) is 9.94. The molecule has 1 aromatic carbocycles. The van der Waals surface area contributed by atoms with Crippen molar-refractivity contribution in [3.8, 4) is 0 Å². The van der Waals surface area contributed by atoms with Crippen LogP contribution >= 0.6 is 0 Å². The minimum atomic E-state index is -3.18. The van der Waals surface area contributed by atoms with E-state index < -0.39 is 9.84 Å². The largest absolute Gasteiger partial charge is 0.295 e. The van der Waals surface area contributed by atoms with E-state index in [1.165, 1.54) is 29.9 Å². The molecule has 6 heteroatoms. The van der Waals surface area contributed by atoms with Crippen LogP contribution in [-0.4, -0.2) is 14.7 Å². The third kappa shape index (κ3) is 2.67. The van der Waals surface area contributed by atoms with Crippen molar-refractivity contribution in [2.75, 3.05) is 11.7 Å². The fourth-order valence-corrected chi connectivity index (χ4v) is 1.47. The first-order chi connectivity index (χ1) is 6.04. The molecule has 0 heterocycles. The molecule has 0 saturated heterocycles. The van der Waals surface area contributed by atoms with Crippen molar-refractivity contribution < 1.29 is 12.9 Å². The van der Waals surface area contributed by atoms with E-state index in [0.717, 1.165) is 6.26 Å². The summed E-state index contributed by atoms with van der Waals surface area (Å²) in [5.74, 6) is 0. The summed E-state index contributed by atoms with van der Waals surface area (Å²) >= 11 is 0. The molecule has 0 amide bonds. The van der Waals surface area contributed by atoms with Crippen molar-refractivity contribution >= 4 is 15.5 Å². The summed E-state index contributed by atoms with van der Waals surface area (Å²) in [6.07, 6.45) is 1.11. The Morgan fingerprint density at radius 2 is 1.77 bits per heavy atom. The maximum Gasteiger partial charge on any atom is 0.175 e. The van der Waals surface area contributed by atoms with Crippen LogP contribution in [0.5, 0.6) is 0 Å². The quantitative estimate of drug-likeness (QED) is 0.567. The summed E-state index contributed by atoms with van der Waals surface area (Å²) in [5, 5.41) is 0. The van der Waals surface area contributed by atoms with Gasteiger partial charge in [-0.25, -0.2) is 8.42 Å². The van der Waals surface area contributed by atoms with Crippen LogP contribution < -0.4 is 11.1 Å². The lowest BCUT2D eigenvalue weighted by atomic mass is 10.3. The van der Waals surface area contributed by atoms with Gasteiger partial charge in [0.15, 0.2) is 9.84 Å². The molecule has 0 radical (unpaired) electrons. The second kappa shape index (κ2) is 3.71. The average Bonchev–Trinajstić information content (AvgIpc) is 2.04. The normalized spacial score (nSPS) is 11.2. The third-order valence-electron chi connectivity index (χ3n) is 1.47. The fraction of sp³-hybridized carbons (Fsp3) is 0.143. The van der Waals surface area contributed by atoms with E-state index in [-0.39, 0.29) is 4.90 Å². The van der Waals surface area contributed by atoms with Crippen LogP contribution in [0.2, 0.25) is 0 Å². The molecule has 0 bridgehead atoms. The highest BCUT2D eigenvalue weighted by atomic mass is 32.2. The Morgan fingerprint density at radius 3 is 2.15 bits per heavy atom. The molecule has 0 aliphatic rings. The summed E-state index contributed by atoms with van der Waals surface area (Å²) in [7, 11) is -3.18. The first-order valence-corrected chi connectivity index (χ1v) is 5.35. The van der Waals surface area contributed by atoms with E-state index in [4.69, 9.17) is 0 Å². The van der Waals surface area contributed by atoms with E-state index >= 15 is 0 Å². The molecular formula is C7H9FN2O2S. The van der Waals surface area contributed by atoms with Crippen molar-refractivity contribution in [2.45, 2.75) is 4.90 Å². The standard InChI is InChI=1S/C7H9FN2O2S/c1-13(11,12)7-4-2-6(3-5-7)9-10-8/h2-5,9-10H,1H3. The molecule has 1 rings (SSSR count). The predicted octanol–water partition coefficient (Wildman–Crippen LogP) is 0.891. The van der Waals surface area contributed by atoms with Crippen LogP contribution in [0, 0.1) is 0 Å². The number of hydrogen-bond acceptors (Lipinski definition) is 4. The van der Waals surface area contributed by atoms with Gasteiger partial charge in [0.2, 0.25) is 0 Å². The molecular weight excluding hydrogens is 195 g/mol. The molecule has 72 valence electrons. The van der Waals surface area contributed by atoms with E-state index in [2.05, 4.69) is 5.43 Å². The summed E-state index contributed by atoms with van der Waals surface area (Å²) in [6.45, 7) is 0. The highest BCUT2D eigenvalue weighted by molar-refractivity contribution is 7.90. The average molecular weight is 204 g/mol. The lowest BCUT2D eigenvalue weighted by molar-refractivity contribution is 0.376. The van der Waals surface area contributed by atoms with Gasteiger partial charge in [-0.2, -0.15) is 0 Å². The highest BCUT2D eigenvalue weighted by Crippen LogP contribution is 2.12. The number of hydrazine groups is 1. The summed E-state index contributed by atoms with van der Waals surface area (Å²) in [5.41, 5.74) is 3.87. The van der Waals surface area contributed by atoms with Crippen LogP contribution in [0.15, 0.2) is 29.2 Å². The zero-order valence-electron chi connectivity index (χ0n) is 6.91. The molecule has 1 aromatic rings. The number of sulfone groups is 1. The topological polar surface area (TPSA) is 58.2 Å². The Hall–Kier alpha value is -1.14. The van der Waals surface area contributed by atoms with Crippen molar-refractivity contribution in [1.82, 2.24) is 5.65 Å². The number of nitrogens with one attached hydrogen (secondary N) is 2. The SMILES string of the molecule is CS(=O)(=O)c1ccc(NNF)cc1. The number of halogens is 1. The van der Waals surface area contributed by atoms with Gasteiger partial charge in [0, 0.05) is 6.26 Å². The second-order valence-corrected chi connectivity index (χ2v) is 4.53. The minimum Gasteiger partial charge on any atom is -0.295 e. The molecule has 0 fully saturated rings. The van der Waals surface area contributed by atoms with Crippen LogP contribution in [0.1, 0.15) is 0 Å². The Morgan fingerprint density at radius 1 is 1.23 bits per heavy atom. The van der Waals surface area contributed by atoms with Crippen molar-refractivity contribution in [3.63, 3.8) is 0 Å². The monoisotopic (exact) mass is 204 g/mol. The molecule has 0 aliphatic heterocycles. The Labute approximate surface area is 75.6 Å². The van der Waals surface area contributed by atoms with Crippen LogP contribution in [0.25, 0.3) is 0 Å². The van der Waals surface area contributed by atoms with Crippen LogP contribution in [0.3, 0.4) is 0 Å². The van der Waals surface area contributed by atoms with Gasteiger partial charge in [0.1, 0.15) is 0 Å². The molecule has 4 nitrogen and oxygen atoms in total. The number of benzene rings is 1. The Bertz CT molecular complexity index is 374. The van der Waals surface area contributed by atoms with Gasteiger partial charge in [0.05, 0.1) is 10.6 Å². The number of rotatable bonds is 3. The van der Waals surface area contributed by atoms with Crippen LogP contribution in [-0.2, 0) is 9.84 Å². The van der Waals surface area contributed by atoms with Gasteiger partial charge in [-0.05, 0) is 24.3 Å². The van der Waals surface area contributed by atoms with E-state index in [9.17, 15) is 12.9 Å². The summed E-state index contributed by atoms with van der Waals surface area (Å²) < 4.78 is 33.5. The van der Waals surface area contributed by atoms with E-state index in [1.54, 1.807) is 0 Å². The summed E-state index contributed by atoms with van der Waals surface area (Å²) in [4.78, 5) is 0.205. The van der Waals surface area contributed by atoms with Gasteiger partial charge in [-0.3, -0.25) is 5.43 Å². The van der Waals surface area contributed by atoms with Gasteiger partial charge in [0.25, 0.3) is 0 Å². The smallest absolute Gasteiger partial charge is 0.175 e. The molecule has 2 N–H and O–H groups in total. The van der Waals surface area contributed by atoms with Crippen LogP contribution in [0.4, 0.5) is 10.2 Å². The third-order valence-corrected chi connectivity index (χ3v) is 2.60. The molecule has 0 unspecified atom stereocenters. The number of anilines is 1. The molecule has 0 aromatic heterocycles. The molecule has 13 heavy (non-hydrogen) atoms. The molecule has 0 saturated carbocycles. The maximum absolute atomic E-state index is 11.5. The zero-order chi connectivity index (χ0) is 9.90. The summed E-state index contributed by atoms with van der Waals surface area (Å²) in [6, 6.07) is 5.72. The molecule has 0 spiro atoms. The molecule has 0 aliphatic carbocycles. The van der Waals surface area contributed by atoms with Crippen molar-refractivity contribution in [3.05, 3.63) is 24.3 Å². The van der Waals surface area contributed by atoms with E-state index in [1.807, 2.05) is 0 Å². The predicted molar refractivity (Wildman–Crippen MR) is 47.4 cm³/mol. The Balaban J connectivity index is 2.94. The van der Waals surface area contributed by atoms with E-state index in [0.29, 0.717) is 5.69 Å². The zero-order valence-corrected chi connectivity index (χ0v) is 7.73. The minimum absolute atomic E-state index is 0.205. The molecule has 0 atom stereocenters. The van der Waals surface area contributed by atoms with Crippen molar-refractivity contribution in [2.24, 2.45) is 0 Å². The highest BCUT2D eigenvalue weighted by Gasteiger charge is 2.05. The van der Waals surface area contributed by atoms with Gasteiger partial charge >= 0.3 is 0 Å². The maximum atomic E-state index is 11.5.